The standard InChI is InChI=1S/C9H6O6.Eu.La/c10-7(11)4-1-5(8(12)13)3-6(2-4)9(14)15;;/h1-3H,(H,10,11)(H,12,13)(H,14,15);;. The molecule has 0 heterocycles. The van der Waals surface area contributed by atoms with E-state index in [0.717, 1.165) is 18.2 Å². The summed E-state index contributed by atoms with van der Waals surface area (Å²) < 4.78 is 0. The number of aromatic carboxylic acids is 3. The van der Waals surface area contributed by atoms with Crippen molar-refractivity contribution in [2.75, 3.05) is 0 Å². The van der Waals surface area contributed by atoms with E-state index in [1.54, 1.807) is 0 Å². The van der Waals surface area contributed by atoms with Crippen LogP contribution >= 0.6 is 0 Å². The summed E-state index contributed by atoms with van der Waals surface area (Å²) in [6.07, 6.45) is 0. The molecule has 0 saturated heterocycles. The van der Waals surface area contributed by atoms with E-state index >= 15 is 0 Å². The van der Waals surface area contributed by atoms with Crippen LogP contribution in [0.2, 0.25) is 0 Å². The largest absolute Gasteiger partial charge is 0.478 e. The molecule has 0 atom stereocenters. The Labute approximate surface area is 165 Å². The van der Waals surface area contributed by atoms with Gasteiger partial charge in [-0.1, -0.05) is 0 Å². The number of carbonyl (C=O) groups is 3. The van der Waals surface area contributed by atoms with Crippen LogP contribution in [0.25, 0.3) is 0 Å². The maximum absolute atomic E-state index is 10.6. The smallest absolute Gasteiger partial charge is 0.335 e. The van der Waals surface area contributed by atoms with Gasteiger partial charge in [0.2, 0.25) is 0 Å². The molecule has 1 aromatic carbocycles. The van der Waals surface area contributed by atoms with Crippen LogP contribution in [0.3, 0.4) is 0 Å². The van der Waals surface area contributed by atoms with Gasteiger partial charge >= 0.3 is 17.9 Å². The van der Waals surface area contributed by atoms with Gasteiger partial charge in [-0.05, 0) is 18.2 Å². The molecule has 0 aromatic heterocycles. The Morgan fingerprint density at radius 1 is 0.706 bits per heavy atom. The molecule has 17 heavy (non-hydrogen) atoms. The zero-order valence-electron chi connectivity index (χ0n) is 8.25. The second-order valence-electron chi connectivity index (χ2n) is 2.71. The van der Waals surface area contributed by atoms with Crippen LogP contribution in [-0.2, 0) is 0 Å². The summed E-state index contributed by atoms with van der Waals surface area (Å²) in [5.41, 5.74) is -1.10. The van der Waals surface area contributed by atoms with Gasteiger partial charge in [0.25, 0.3) is 0 Å². The summed E-state index contributed by atoms with van der Waals surface area (Å²) in [4.78, 5) is 31.7. The average molecular weight is 501 g/mol. The Morgan fingerprint density at radius 2 is 0.882 bits per heavy atom. The molecular weight excluding hydrogens is 495 g/mol. The quantitative estimate of drug-likeness (QED) is 0.565. The molecule has 0 unspecified atom stereocenters. The summed E-state index contributed by atoms with van der Waals surface area (Å²) in [6.45, 7) is 0. The third-order valence-electron chi connectivity index (χ3n) is 1.67. The summed E-state index contributed by atoms with van der Waals surface area (Å²) >= 11 is 0. The van der Waals surface area contributed by atoms with Gasteiger partial charge in [0, 0.05) is 85.0 Å². The molecule has 2 radical (unpaired) electrons. The molecular formula is C9H6EuLaO6. The van der Waals surface area contributed by atoms with Crippen LogP contribution in [0, 0.1) is 85.0 Å². The molecule has 0 saturated carbocycles. The van der Waals surface area contributed by atoms with E-state index < -0.39 is 17.9 Å². The minimum absolute atomic E-state index is 0. The number of hydrogen-bond acceptors (Lipinski definition) is 3. The van der Waals surface area contributed by atoms with E-state index in [-0.39, 0.29) is 102 Å². The summed E-state index contributed by atoms with van der Waals surface area (Å²) in [7, 11) is 0. The van der Waals surface area contributed by atoms with Crippen molar-refractivity contribution in [2.24, 2.45) is 0 Å². The van der Waals surface area contributed by atoms with Gasteiger partial charge in [-0.3, -0.25) is 0 Å². The molecule has 6 nitrogen and oxygen atoms in total. The number of benzene rings is 1. The van der Waals surface area contributed by atoms with Crippen molar-refractivity contribution in [1.29, 1.82) is 0 Å². The molecule has 0 amide bonds. The fourth-order valence-corrected chi connectivity index (χ4v) is 0.998. The maximum Gasteiger partial charge on any atom is 0.335 e. The Hall–Kier alpha value is 0.409. The fraction of sp³-hybridized carbons (Fsp3) is 0. The molecule has 0 spiro atoms. The van der Waals surface area contributed by atoms with Crippen molar-refractivity contribution in [3.05, 3.63) is 34.9 Å². The minimum atomic E-state index is -1.37. The number of carboxylic acids is 3. The van der Waals surface area contributed by atoms with Gasteiger partial charge in [-0.15, -0.1) is 0 Å². The van der Waals surface area contributed by atoms with E-state index in [1.807, 2.05) is 0 Å². The topological polar surface area (TPSA) is 112 Å². The van der Waals surface area contributed by atoms with Gasteiger partial charge in [-0.2, -0.15) is 0 Å². The van der Waals surface area contributed by atoms with Crippen molar-refractivity contribution in [1.82, 2.24) is 0 Å². The molecule has 1 aromatic rings. The summed E-state index contributed by atoms with van der Waals surface area (Å²) in [5, 5.41) is 25.8. The number of carboxylic acid groups (broad SMARTS) is 3. The first-order chi connectivity index (χ1) is 6.91. The minimum Gasteiger partial charge on any atom is -0.478 e. The summed E-state index contributed by atoms with van der Waals surface area (Å²) in [5.74, 6) is -4.12. The second kappa shape index (κ2) is 8.50. The molecule has 8 heteroatoms. The molecule has 1 rings (SSSR count). The van der Waals surface area contributed by atoms with E-state index in [1.165, 1.54) is 0 Å². The number of rotatable bonds is 3. The van der Waals surface area contributed by atoms with Crippen molar-refractivity contribution in [2.45, 2.75) is 0 Å². The first-order valence-corrected chi connectivity index (χ1v) is 3.77. The number of hydrogen-bond donors (Lipinski definition) is 3. The van der Waals surface area contributed by atoms with Gasteiger partial charge in [0.15, 0.2) is 0 Å². The van der Waals surface area contributed by atoms with Crippen LogP contribution < -0.4 is 0 Å². The van der Waals surface area contributed by atoms with Crippen LogP contribution in [0.1, 0.15) is 31.1 Å². The molecule has 0 aliphatic rings. The predicted octanol–water partition coefficient (Wildman–Crippen LogP) is 0.781. The van der Waals surface area contributed by atoms with E-state index in [2.05, 4.69) is 0 Å². The Bertz CT molecular complexity index is 380. The molecule has 0 fully saturated rings. The molecule has 0 bridgehead atoms. The molecule has 0 aliphatic heterocycles. The normalized spacial score (nSPS) is 8.47. The van der Waals surface area contributed by atoms with Crippen molar-refractivity contribution >= 4 is 17.9 Å². The first-order valence-electron chi connectivity index (χ1n) is 3.77. The SMILES string of the molecule is O=C(O)c1cc(C(=O)O)cc(C(=O)O)c1.[Eu].[La]. The third-order valence-corrected chi connectivity index (χ3v) is 1.67. The van der Waals surface area contributed by atoms with Crippen LogP contribution in [0.15, 0.2) is 18.2 Å². The Balaban J connectivity index is 0. The zero-order valence-corrected chi connectivity index (χ0v) is 14.3. The predicted molar refractivity (Wildman–Crippen MR) is 47.3 cm³/mol. The van der Waals surface area contributed by atoms with Gasteiger partial charge in [-0.25, -0.2) is 14.4 Å². The van der Waals surface area contributed by atoms with E-state index in [0.29, 0.717) is 0 Å². The summed E-state index contributed by atoms with van der Waals surface area (Å²) in [6, 6.07) is 2.70. The van der Waals surface area contributed by atoms with Crippen LogP contribution in [-0.4, -0.2) is 33.2 Å². The van der Waals surface area contributed by atoms with Gasteiger partial charge < -0.3 is 15.3 Å². The zero-order chi connectivity index (χ0) is 11.6. The Morgan fingerprint density at radius 3 is 1.00 bits per heavy atom. The first kappa shape index (κ1) is 19.7. The van der Waals surface area contributed by atoms with E-state index in [9.17, 15) is 14.4 Å². The molecule has 88 valence electrons. The van der Waals surface area contributed by atoms with Crippen LogP contribution in [0.4, 0.5) is 0 Å². The third kappa shape index (κ3) is 5.72. The van der Waals surface area contributed by atoms with E-state index in [4.69, 9.17) is 15.3 Å². The van der Waals surface area contributed by atoms with Crippen molar-refractivity contribution in [3.8, 4) is 0 Å². The second-order valence-corrected chi connectivity index (χ2v) is 2.71. The Kier molecular flexibility index (Phi) is 9.87. The molecule has 3 N–H and O–H groups in total. The molecule has 0 aliphatic carbocycles. The van der Waals surface area contributed by atoms with Crippen molar-refractivity contribution < 1.29 is 115 Å². The van der Waals surface area contributed by atoms with Crippen LogP contribution in [0.5, 0.6) is 0 Å². The monoisotopic (exact) mass is 502 g/mol. The van der Waals surface area contributed by atoms with Gasteiger partial charge in [0.1, 0.15) is 0 Å². The fourth-order valence-electron chi connectivity index (χ4n) is 0.998. The maximum atomic E-state index is 10.6. The van der Waals surface area contributed by atoms with Crippen molar-refractivity contribution in [3.63, 3.8) is 0 Å². The van der Waals surface area contributed by atoms with Gasteiger partial charge in [0.05, 0.1) is 16.7 Å². The average Bonchev–Trinajstić information content (AvgIpc) is 2.16.